The molecule has 0 amide bonds. The average Bonchev–Trinajstić information content (AvgIpc) is 1.82. The van der Waals surface area contributed by atoms with Crippen molar-refractivity contribution in [3.05, 3.63) is 31.6 Å². The van der Waals surface area contributed by atoms with Crippen LogP contribution < -0.4 is 5.43 Å². The first-order valence-corrected chi connectivity index (χ1v) is 3.96. The molecular formula is C5H3Br2NO2. The summed E-state index contributed by atoms with van der Waals surface area (Å²) < 4.78 is 1.45. The SMILES string of the molecule is O=c1c(Br)cn(O)cc1Br. The Morgan fingerprint density at radius 3 is 2.10 bits per heavy atom. The normalized spacial score (nSPS) is 9.80. The number of halogens is 2. The van der Waals surface area contributed by atoms with Gasteiger partial charge in [0.25, 0.3) is 0 Å². The first-order valence-electron chi connectivity index (χ1n) is 2.38. The molecule has 1 aromatic rings. The van der Waals surface area contributed by atoms with Crippen molar-refractivity contribution in [1.82, 2.24) is 4.73 Å². The molecular weight excluding hydrogens is 266 g/mol. The number of hydrogen-bond donors (Lipinski definition) is 1. The zero-order valence-corrected chi connectivity index (χ0v) is 7.89. The van der Waals surface area contributed by atoms with Crippen molar-refractivity contribution < 1.29 is 5.21 Å². The van der Waals surface area contributed by atoms with Crippen LogP contribution in [0.4, 0.5) is 0 Å². The summed E-state index contributed by atoms with van der Waals surface area (Å²) in [4.78, 5) is 10.9. The summed E-state index contributed by atoms with van der Waals surface area (Å²) in [6.45, 7) is 0. The van der Waals surface area contributed by atoms with Gasteiger partial charge in [0.2, 0.25) is 5.43 Å². The lowest BCUT2D eigenvalue weighted by molar-refractivity contribution is 0.183. The molecule has 0 aromatic carbocycles. The summed E-state index contributed by atoms with van der Waals surface area (Å²) in [6, 6.07) is 0. The van der Waals surface area contributed by atoms with Gasteiger partial charge < -0.3 is 5.21 Å². The van der Waals surface area contributed by atoms with Crippen molar-refractivity contribution in [3.8, 4) is 0 Å². The third-order valence-electron chi connectivity index (χ3n) is 0.925. The molecule has 54 valence electrons. The molecule has 0 saturated carbocycles. The van der Waals surface area contributed by atoms with Crippen molar-refractivity contribution in [2.45, 2.75) is 0 Å². The molecule has 0 unspecified atom stereocenters. The fraction of sp³-hybridized carbons (Fsp3) is 0. The maximum atomic E-state index is 10.9. The minimum atomic E-state index is -0.176. The van der Waals surface area contributed by atoms with Gasteiger partial charge in [-0.1, -0.05) is 0 Å². The van der Waals surface area contributed by atoms with Crippen LogP contribution in [0.25, 0.3) is 0 Å². The Morgan fingerprint density at radius 2 is 1.70 bits per heavy atom. The number of nitrogens with zero attached hydrogens (tertiary/aromatic N) is 1. The van der Waals surface area contributed by atoms with Crippen molar-refractivity contribution in [1.29, 1.82) is 0 Å². The minimum absolute atomic E-state index is 0.176. The highest BCUT2D eigenvalue weighted by atomic mass is 79.9. The zero-order chi connectivity index (χ0) is 7.72. The summed E-state index contributed by atoms with van der Waals surface area (Å²) in [5.41, 5.74) is -0.176. The monoisotopic (exact) mass is 267 g/mol. The number of rotatable bonds is 0. The highest BCUT2D eigenvalue weighted by Gasteiger charge is 2.00. The quantitative estimate of drug-likeness (QED) is 0.727. The van der Waals surface area contributed by atoms with Gasteiger partial charge in [-0.15, -0.1) is 0 Å². The lowest BCUT2D eigenvalue weighted by Gasteiger charge is -1.96. The maximum Gasteiger partial charge on any atom is 0.210 e. The Kier molecular flexibility index (Phi) is 2.15. The van der Waals surface area contributed by atoms with E-state index < -0.39 is 0 Å². The van der Waals surface area contributed by atoms with Gasteiger partial charge >= 0.3 is 0 Å². The van der Waals surface area contributed by atoms with E-state index in [0.717, 1.165) is 4.73 Å². The lowest BCUT2D eigenvalue weighted by Crippen LogP contribution is -2.06. The molecule has 0 aliphatic rings. The van der Waals surface area contributed by atoms with E-state index >= 15 is 0 Å². The van der Waals surface area contributed by atoms with Gasteiger partial charge in [0, 0.05) is 0 Å². The van der Waals surface area contributed by atoms with Crippen molar-refractivity contribution in [2.24, 2.45) is 0 Å². The van der Waals surface area contributed by atoms with E-state index in [2.05, 4.69) is 31.9 Å². The Hall–Kier alpha value is -0.290. The van der Waals surface area contributed by atoms with Crippen molar-refractivity contribution in [2.75, 3.05) is 0 Å². The van der Waals surface area contributed by atoms with E-state index in [4.69, 9.17) is 5.21 Å². The van der Waals surface area contributed by atoms with Crippen molar-refractivity contribution in [3.63, 3.8) is 0 Å². The van der Waals surface area contributed by atoms with E-state index in [9.17, 15) is 4.79 Å². The first-order chi connectivity index (χ1) is 4.61. The van der Waals surface area contributed by atoms with Crippen LogP contribution in [-0.4, -0.2) is 9.94 Å². The molecule has 0 bridgehead atoms. The Morgan fingerprint density at radius 1 is 1.30 bits per heavy atom. The second-order valence-corrected chi connectivity index (χ2v) is 3.37. The molecule has 0 radical (unpaired) electrons. The Balaban J connectivity index is 3.46. The third-order valence-corrected chi connectivity index (χ3v) is 2.05. The second-order valence-electron chi connectivity index (χ2n) is 1.66. The molecule has 5 heteroatoms. The second kappa shape index (κ2) is 2.75. The molecule has 0 spiro atoms. The molecule has 1 aromatic heterocycles. The van der Waals surface area contributed by atoms with Crippen LogP contribution >= 0.6 is 31.9 Å². The van der Waals surface area contributed by atoms with Crippen molar-refractivity contribution >= 4 is 31.9 Å². The van der Waals surface area contributed by atoms with Crippen LogP contribution in [0, 0.1) is 0 Å². The molecule has 1 rings (SSSR count). The first kappa shape index (κ1) is 7.81. The van der Waals surface area contributed by atoms with E-state index in [0.29, 0.717) is 8.95 Å². The van der Waals surface area contributed by atoms with Gasteiger partial charge in [0.15, 0.2) is 0 Å². The van der Waals surface area contributed by atoms with Gasteiger partial charge in [-0.05, 0) is 31.9 Å². The Labute approximate surface area is 73.5 Å². The molecule has 10 heavy (non-hydrogen) atoms. The zero-order valence-electron chi connectivity index (χ0n) is 4.71. The van der Waals surface area contributed by atoms with Crippen LogP contribution in [0.2, 0.25) is 0 Å². The summed E-state index contributed by atoms with van der Waals surface area (Å²) in [5, 5.41) is 8.84. The smallest absolute Gasteiger partial charge is 0.210 e. The van der Waals surface area contributed by atoms with E-state index in [-0.39, 0.29) is 5.43 Å². The van der Waals surface area contributed by atoms with Gasteiger partial charge in [-0.25, -0.2) is 0 Å². The van der Waals surface area contributed by atoms with Crippen LogP contribution in [0.15, 0.2) is 26.1 Å². The van der Waals surface area contributed by atoms with Gasteiger partial charge in [0.1, 0.15) is 0 Å². The lowest BCUT2D eigenvalue weighted by atomic mass is 10.5. The molecule has 0 saturated heterocycles. The van der Waals surface area contributed by atoms with Gasteiger partial charge in [0.05, 0.1) is 21.3 Å². The summed E-state index contributed by atoms with van der Waals surface area (Å²) in [5.74, 6) is 0. The van der Waals surface area contributed by atoms with Crippen LogP contribution in [-0.2, 0) is 0 Å². The number of hydrogen-bond acceptors (Lipinski definition) is 2. The predicted molar refractivity (Wildman–Crippen MR) is 43.3 cm³/mol. The number of aromatic nitrogens is 1. The van der Waals surface area contributed by atoms with E-state index in [1.165, 1.54) is 12.4 Å². The minimum Gasteiger partial charge on any atom is -0.429 e. The average molecular weight is 269 g/mol. The van der Waals surface area contributed by atoms with E-state index in [1.54, 1.807) is 0 Å². The molecule has 3 nitrogen and oxygen atoms in total. The molecule has 0 aliphatic heterocycles. The largest absolute Gasteiger partial charge is 0.429 e. The molecule has 0 aliphatic carbocycles. The van der Waals surface area contributed by atoms with E-state index in [1.807, 2.05) is 0 Å². The summed E-state index contributed by atoms with van der Waals surface area (Å²) >= 11 is 5.95. The standard InChI is InChI=1S/C5H3Br2NO2/c6-3-1-8(10)2-4(7)5(3)9/h1-2,10H. The highest BCUT2D eigenvalue weighted by molar-refractivity contribution is 9.11. The molecule has 1 heterocycles. The maximum absolute atomic E-state index is 10.9. The fourth-order valence-corrected chi connectivity index (χ4v) is 1.61. The third kappa shape index (κ3) is 1.41. The molecule has 0 fully saturated rings. The number of pyridine rings is 1. The van der Waals surface area contributed by atoms with Crippen LogP contribution in [0.5, 0.6) is 0 Å². The predicted octanol–water partition coefficient (Wildman–Crippen LogP) is 1.61. The van der Waals surface area contributed by atoms with Gasteiger partial charge in [-0.2, -0.15) is 4.73 Å². The fourth-order valence-electron chi connectivity index (χ4n) is 0.501. The van der Waals surface area contributed by atoms with Crippen LogP contribution in [0.3, 0.4) is 0 Å². The van der Waals surface area contributed by atoms with Gasteiger partial charge in [-0.3, -0.25) is 4.79 Å². The summed E-state index contributed by atoms with van der Waals surface area (Å²) in [6.07, 6.45) is 2.54. The topological polar surface area (TPSA) is 42.2 Å². The molecule has 0 atom stereocenters. The molecule has 1 N–H and O–H groups in total. The van der Waals surface area contributed by atoms with Crippen LogP contribution in [0.1, 0.15) is 0 Å². The highest BCUT2D eigenvalue weighted by Crippen LogP contribution is 2.07. The summed E-state index contributed by atoms with van der Waals surface area (Å²) in [7, 11) is 0. The Bertz CT molecular complexity index is 281.